The molecule has 2 N–H and O–H groups in total. The van der Waals surface area contributed by atoms with E-state index < -0.39 is 0 Å². The van der Waals surface area contributed by atoms with Crippen LogP contribution in [-0.4, -0.2) is 27.6 Å². The van der Waals surface area contributed by atoms with Gasteiger partial charge in [0.15, 0.2) is 0 Å². The van der Waals surface area contributed by atoms with Crippen LogP contribution in [0.3, 0.4) is 0 Å². The zero-order chi connectivity index (χ0) is 17.4. The molecule has 25 heavy (non-hydrogen) atoms. The van der Waals surface area contributed by atoms with Crippen LogP contribution < -0.4 is 5.32 Å². The number of benzene rings is 1. The van der Waals surface area contributed by atoms with E-state index in [2.05, 4.69) is 20.4 Å². The number of hydrogen-bond acceptors (Lipinski definition) is 5. The first-order valence-corrected chi connectivity index (χ1v) is 8.49. The fourth-order valence-corrected chi connectivity index (χ4v) is 2.91. The highest BCUT2D eigenvalue weighted by Crippen LogP contribution is 2.28. The third kappa shape index (κ3) is 3.15. The van der Waals surface area contributed by atoms with Gasteiger partial charge in [-0.25, -0.2) is 4.98 Å². The second-order valence-corrected chi connectivity index (χ2v) is 6.58. The number of hydrogen-bond donors (Lipinski definition) is 2. The Labute approximate surface area is 144 Å². The normalized spacial score (nSPS) is 17.5. The maximum absolute atomic E-state index is 12.3. The summed E-state index contributed by atoms with van der Waals surface area (Å²) in [6.07, 6.45) is 2.07. The summed E-state index contributed by atoms with van der Waals surface area (Å²) >= 11 is 0. The van der Waals surface area contributed by atoms with Crippen molar-refractivity contribution in [2.24, 2.45) is 0 Å². The topological polar surface area (TPSA) is 93.0 Å². The Balaban J connectivity index is 1.53. The van der Waals surface area contributed by atoms with Gasteiger partial charge in [-0.05, 0) is 37.0 Å². The first kappa shape index (κ1) is 15.8. The molecule has 1 atom stereocenters. The molecule has 1 amide bonds. The Morgan fingerprint density at radius 1 is 1.36 bits per heavy atom. The number of aromatic nitrogens is 3. The van der Waals surface area contributed by atoms with E-state index in [4.69, 9.17) is 9.26 Å². The number of anilines is 1. The summed E-state index contributed by atoms with van der Waals surface area (Å²) in [5, 5.41) is 6.74. The van der Waals surface area contributed by atoms with E-state index in [-0.39, 0.29) is 23.7 Å². The van der Waals surface area contributed by atoms with Gasteiger partial charge in [0, 0.05) is 18.4 Å². The maximum Gasteiger partial charge on any atom is 0.294 e. The van der Waals surface area contributed by atoms with Crippen molar-refractivity contribution in [1.29, 1.82) is 0 Å². The van der Waals surface area contributed by atoms with Crippen LogP contribution in [0.2, 0.25) is 0 Å². The van der Waals surface area contributed by atoms with Crippen LogP contribution in [0.1, 0.15) is 60.8 Å². The van der Waals surface area contributed by atoms with Gasteiger partial charge in [-0.2, -0.15) is 0 Å². The van der Waals surface area contributed by atoms with E-state index in [1.54, 1.807) is 6.07 Å². The number of carbonyl (C=O) groups excluding carboxylic acids is 1. The molecule has 0 aliphatic carbocycles. The van der Waals surface area contributed by atoms with Crippen LogP contribution in [0.25, 0.3) is 11.0 Å². The lowest BCUT2D eigenvalue weighted by atomic mass is 10.1. The van der Waals surface area contributed by atoms with Crippen LogP contribution in [0, 0.1) is 0 Å². The molecule has 7 nitrogen and oxygen atoms in total. The average molecular weight is 340 g/mol. The van der Waals surface area contributed by atoms with E-state index in [0.29, 0.717) is 5.69 Å². The summed E-state index contributed by atoms with van der Waals surface area (Å²) in [6, 6.07) is 7.22. The minimum Gasteiger partial charge on any atom is -0.370 e. The molecule has 0 unspecified atom stereocenters. The lowest BCUT2D eigenvalue weighted by Crippen LogP contribution is -2.10. The molecule has 3 heterocycles. The average Bonchev–Trinajstić information content (AvgIpc) is 3.33. The van der Waals surface area contributed by atoms with Crippen LogP contribution in [0.5, 0.6) is 0 Å². The Bertz CT molecular complexity index is 906. The number of H-pyrrole nitrogens is 1. The van der Waals surface area contributed by atoms with Gasteiger partial charge in [0.1, 0.15) is 11.9 Å². The van der Waals surface area contributed by atoms with E-state index in [0.717, 1.165) is 42.0 Å². The standard InChI is InChI=1S/C18H20N4O3/c1-10(2)13-9-16(25-22-13)18(23)19-11-5-6-12-14(8-11)21-17(20-12)15-4-3-7-24-15/h5-6,8-10,15H,3-4,7H2,1-2H3,(H,19,23)(H,20,21)/t15-/m0/s1. The second kappa shape index (κ2) is 6.33. The number of imidazole rings is 1. The molecular weight excluding hydrogens is 320 g/mol. The summed E-state index contributed by atoms with van der Waals surface area (Å²) in [7, 11) is 0. The van der Waals surface area contributed by atoms with Crippen LogP contribution >= 0.6 is 0 Å². The molecule has 7 heteroatoms. The minimum atomic E-state index is -0.322. The Morgan fingerprint density at radius 3 is 2.96 bits per heavy atom. The number of aromatic amines is 1. The van der Waals surface area contributed by atoms with Gasteiger partial charge >= 0.3 is 0 Å². The molecule has 0 spiro atoms. The van der Waals surface area contributed by atoms with Gasteiger partial charge < -0.3 is 19.6 Å². The van der Waals surface area contributed by atoms with Crippen LogP contribution in [-0.2, 0) is 4.74 Å². The molecular formula is C18H20N4O3. The van der Waals surface area contributed by atoms with E-state index >= 15 is 0 Å². The number of fused-ring (bicyclic) bond motifs is 1. The smallest absolute Gasteiger partial charge is 0.294 e. The molecule has 2 aromatic heterocycles. The predicted molar refractivity (Wildman–Crippen MR) is 92.6 cm³/mol. The van der Waals surface area contributed by atoms with Crippen molar-refractivity contribution in [2.45, 2.75) is 38.7 Å². The molecule has 4 rings (SSSR count). The van der Waals surface area contributed by atoms with Crippen LogP contribution in [0.15, 0.2) is 28.8 Å². The highest BCUT2D eigenvalue weighted by molar-refractivity contribution is 6.03. The lowest BCUT2D eigenvalue weighted by Gasteiger charge is -2.03. The van der Waals surface area contributed by atoms with Crippen molar-refractivity contribution >= 4 is 22.6 Å². The number of nitrogens with zero attached hydrogens (tertiary/aromatic N) is 2. The fourth-order valence-electron chi connectivity index (χ4n) is 2.91. The van der Waals surface area contributed by atoms with Crippen molar-refractivity contribution < 1.29 is 14.1 Å². The van der Waals surface area contributed by atoms with Crippen molar-refractivity contribution in [3.05, 3.63) is 41.5 Å². The van der Waals surface area contributed by atoms with E-state index in [1.807, 2.05) is 32.0 Å². The molecule has 130 valence electrons. The third-order valence-electron chi connectivity index (χ3n) is 4.34. The van der Waals surface area contributed by atoms with E-state index in [9.17, 15) is 4.79 Å². The quantitative estimate of drug-likeness (QED) is 0.754. The Morgan fingerprint density at radius 2 is 2.24 bits per heavy atom. The summed E-state index contributed by atoms with van der Waals surface area (Å²) in [6.45, 7) is 4.77. The second-order valence-electron chi connectivity index (χ2n) is 6.58. The Hall–Kier alpha value is -2.67. The van der Waals surface area contributed by atoms with Gasteiger partial charge in [-0.1, -0.05) is 19.0 Å². The largest absolute Gasteiger partial charge is 0.370 e. The number of amides is 1. The zero-order valence-corrected chi connectivity index (χ0v) is 14.2. The SMILES string of the molecule is CC(C)c1cc(C(=O)Nc2ccc3nc([C@@H]4CCCO4)[nH]c3c2)on1. The molecule has 1 aliphatic heterocycles. The number of nitrogens with one attached hydrogen (secondary N) is 2. The molecule has 0 bridgehead atoms. The van der Waals surface area contributed by atoms with Gasteiger partial charge in [-0.15, -0.1) is 0 Å². The van der Waals surface area contributed by atoms with Crippen molar-refractivity contribution in [2.75, 3.05) is 11.9 Å². The molecule has 0 saturated carbocycles. The van der Waals surface area contributed by atoms with Gasteiger partial charge in [0.25, 0.3) is 5.91 Å². The van der Waals surface area contributed by atoms with E-state index in [1.165, 1.54) is 0 Å². The monoisotopic (exact) mass is 340 g/mol. The molecule has 3 aromatic rings. The summed E-state index contributed by atoms with van der Waals surface area (Å²) < 4.78 is 10.8. The highest BCUT2D eigenvalue weighted by Gasteiger charge is 2.21. The molecule has 1 saturated heterocycles. The Kier molecular flexibility index (Phi) is 4.01. The summed E-state index contributed by atoms with van der Waals surface area (Å²) in [4.78, 5) is 20.2. The van der Waals surface area contributed by atoms with Crippen molar-refractivity contribution in [3.8, 4) is 0 Å². The molecule has 1 aliphatic rings. The van der Waals surface area contributed by atoms with Gasteiger partial charge in [-0.3, -0.25) is 4.79 Å². The highest BCUT2D eigenvalue weighted by atomic mass is 16.5. The third-order valence-corrected chi connectivity index (χ3v) is 4.34. The summed E-state index contributed by atoms with van der Waals surface area (Å²) in [5.41, 5.74) is 3.15. The van der Waals surface area contributed by atoms with Gasteiger partial charge in [0.05, 0.1) is 16.7 Å². The van der Waals surface area contributed by atoms with Crippen LogP contribution in [0.4, 0.5) is 5.69 Å². The fraction of sp³-hybridized carbons (Fsp3) is 0.389. The number of ether oxygens (including phenoxy) is 1. The van der Waals surface area contributed by atoms with Crippen molar-refractivity contribution in [1.82, 2.24) is 15.1 Å². The molecule has 0 radical (unpaired) electrons. The first-order valence-electron chi connectivity index (χ1n) is 8.49. The van der Waals surface area contributed by atoms with Gasteiger partial charge in [0.2, 0.25) is 5.76 Å². The minimum absolute atomic E-state index is 0.0362. The summed E-state index contributed by atoms with van der Waals surface area (Å²) in [5.74, 6) is 0.932. The lowest BCUT2D eigenvalue weighted by molar-refractivity contribution is 0.0987. The zero-order valence-electron chi connectivity index (χ0n) is 14.2. The molecule has 1 fully saturated rings. The maximum atomic E-state index is 12.3. The number of carbonyl (C=O) groups is 1. The molecule has 1 aromatic carbocycles. The first-order chi connectivity index (χ1) is 12.1. The predicted octanol–water partition coefficient (Wildman–Crippen LogP) is 3.78. The number of rotatable bonds is 4. The van der Waals surface area contributed by atoms with Crippen molar-refractivity contribution in [3.63, 3.8) is 0 Å².